The Morgan fingerprint density at radius 3 is 2.64 bits per heavy atom. The molecule has 1 heterocycles. The van der Waals surface area contributed by atoms with E-state index in [1.165, 1.54) is 4.90 Å². The van der Waals surface area contributed by atoms with E-state index in [4.69, 9.17) is 27.3 Å². The number of guanidine groups is 1. The van der Waals surface area contributed by atoms with Crippen LogP contribution in [0, 0.1) is 22.8 Å². The molecule has 2 atom stereocenters. The van der Waals surface area contributed by atoms with Crippen molar-refractivity contribution in [2.45, 2.75) is 31.6 Å². The average Bonchev–Trinajstić information content (AvgIpc) is 2.66. The number of fused-ring (bicyclic) bond motifs is 1. The Morgan fingerprint density at radius 2 is 2.00 bits per heavy atom. The minimum Gasteiger partial charge on any atom is -0.485 e. The van der Waals surface area contributed by atoms with Crippen LogP contribution in [-0.2, 0) is 0 Å². The summed E-state index contributed by atoms with van der Waals surface area (Å²) in [5.41, 5.74) is 6.55. The van der Waals surface area contributed by atoms with Gasteiger partial charge in [-0.2, -0.15) is 10.5 Å². The highest BCUT2D eigenvalue weighted by molar-refractivity contribution is 6.33. The number of nitriles is 2. The first kappa shape index (κ1) is 19.5. The molecule has 142 valence electrons. The van der Waals surface area contributed by atoms with E-state index in [-0.39, 0.29) is 5.96 Å². The van der Waals surface area contributed by atoms with Gasteiger partial charge in [0.2, 0.25) is 12.2 Å². The van der Waals surface area contributed by atoms with Crippen LogP contribution in [0.25, 0.3) is 0 Å². The van der Waals surface area contributed by atoms with Gasteiger partial charge in [0.05, 0.1) is 28.4 Å². The minimum absolute atomic E-state index is 0.134. The summed E-state index contributed by atoms with van der Waals surface area (Å²) >= 11 is 6.39. The maximum absolute atomic E-state index is 11.2. The first-order chi connectivity index (χ1) is 13.3. The molecular formula is C20H18ClN5O2. The zero-order valence-electron chi connectivity index (χ0n) is 15.3. The number of nitrogens with zero attached hydrogens (tertiary/aromatic N) is 4. The third-order valence-electron chi connectivity index (χ3n) is 4.64. The van der Waals surface area contributed by atoms with Crippen LogP contribution in [0.15, 0.2) is 47.5 Å². The molecule has 0 bridgehead atoms. The van der Waals surface area contributed by atoms with E-state index in [2.05, 4.69) is 11.1 Å². The van der Waals surface area contributed by atoms with Crippen molar-refractivity contribution >= 4 is 23.2 Å². The third-order valence-corrected chi connectivity index (χ3v) is 4.96. The van der Waals surface area contributed by atoms with Crippen LogP contribution in [0.2, 0.25) is 5.02 Å². The van der Waals surface area contributed by atoms with Gasteiger partial charge < -0.3 is 20.5 Å². The number of benzene rings is 2. The molecule has 0 spiro atoms. The van der Waals surface area contributed by atoms with Crippen LogP contribution in [0.5, 0.6) is 5.75 Å². The van der Waals surface area contributed by atoms with E-state index >= 15 is 0 Å². The first-order valence-corrected chi connectivity index (χ1v) is 8.85. The Bertz CT molecular complexity index is 1020. The molecule has 28 heavy (non-hydrogen) atoms. The van der Waals surface area contributed by atoms with Crippen molar-refractivity contribution in [3.05, 3.63) is 58.6 Å². The second-order valence-electron chi connectivity index (χ2n) is 6.85. The number of aliphatic imine (C=N–C) groups is 1. The summed E-state index contributed by atoms with van der Waals surface area (Å²) in [6.45, 7) is 3.49. The molecule has 0 saturated heterocycles. The summed E-state index contributed by atoms with van der Waals surface area (Å²) in [7, 11) is 0. The molecule has 3 N–H and O–H groups in total. The van der Waals surface area contributed by atoms with Gasteiger partial charge in [-0.15, -0.1) is 4.99 Å². The fourth-order valence-corrected chi connectivity index (χ4v) is 3.51. The van der Waals surface area contributed by atoms with Crippen LogP contribution >= 0.6 is 11.6 Å². The number of ether oxygens (including phenoxy) is 1. The van der Waals surface area contributed by atoms with Gasteiger partial charge in [-0.1, -0.05) is 23.7 Å². The number of rotatable bonds is 2. The topological polar surface area (TPSA) is 119 Å². The number of hydrogen-bond donors (Lipinski definition) is 2. The molecule has 3 rings (SSSR count). The number of anilines is 1. The lowest BCUT2D eigenvalue weighted by molar-refractivity contribution is -0.0565. The normalized spacial score (nSPS) is 20.3. The second kappa shape index (κ2) is 7.40. The van der Waals surface area contributed by atoms with Crippen molar-refractivity contribution in [1.82, 2.24) is 0 Å². The highest BCUT2D eigenvalue weighted by Gasteiger charge is 2.47. The molecule has 0 fully saturated rings. The number of nitrogens with two attached hydrogens (primary N) is 1. The average molecular weight is 396 g/mol. The number of hydrogen-bond acceptors (Lipinski definition) is 5. The molecule has 0 unspecified atom stereocenters. The Hall–Kier alpha value is -3.26. The molecule has 2 aromatic carbocycles. The van der Waals surface area contributed by atoms with Crippen molar-refractivity contribution in [2.24, 2.45) is 10.7 Å². The predicted molar refractivity (Wildman–Crippen MR) is 106 cm³/mol. The lowest BCUT2D eigenvalue weighted by Crippen LogP contribution is -2.56. The summed E-state index contributed by atoms with van der Waals surface area (Å²) in [6, 6.07) is 13.1. The Kier molecular flexibility index (Phi) is 5.15. The second-order valence-corrected chi connectivity index (χ2v) is 7.26. The zero-order chi connectivity index (χ0) is 20.5. The van der Waals surface area contributed by atoms with Crippen molar-refractivity contribution in [3.8, 4) is 18.0 Å². The smallest absolute Gasteiger partial charge is 0.212 e. The van der Waals surface area contributed by atoms with Crippen LogP contribution < -0.4 is 15.4 Å². The lowest BCUT2D eigenvalue weighted by atomic mass is 9.84. The van der Waals surface area contributed by atoms with E-state index in [1.54, 1.807) is 62.5 Å². The molecule has 0 radical (unpaired) electrons. The first-order valence-electron chi connectivity index (χ1n) is 8.47. The van der Waals surface area contributed by atoms with Crippen LogP contribution in [0.4, 0.5) is 5.69 Å². The molecule has 7 nitrogen and oxygen atoms in total. The van der Waals surface area contributed by atoms with Crippen molar-refractivity contribution in [3.63, 3.8) is 0 Å². The molecule has 0 amide bonds. The quantitative estimate of drug-likeness (QED) is 0.458. The van der Waals surface area contributed by atoms with Gasteiger partial charge in [-0.25, -0.2) is 0 Å². The SMILES string of the molecule is CC1(C)Oc2ccc(C#N)cc2[C@H](N(C(N)=NC#N)c2ccccc2Cl)[C@H]1O. The number of aliphatic hydroxyl groups excluding tert-OH is 1. The number of aliphatic hydroxyl groups is 1. The standard InChI is InChI=1S/C20H18ClN5O2/c1-20(2)18(27)17(13-9-12(10-22)7-8-16(13)28-20)26(19(24)25-11-23)15-6-4-3-5-14(15)21/h3-9,17-18,27H,1-2H3,(H2,24,25)/t17-,18+/m0/s1. The van der Waals surface area contributed by atoms with Gasteiger partial charge in [0.15, 0.2) is 0 Å². The van der Waals surface area contributed by atoms with Gasteiger partial charge in [0.1, 0.15) is 17.5 Å². The van der Waals surface area contributed by atoms with Crippen LogP contribution in [-0.4, -0.2) is 22.8 Å². The fraction of sp³-hybridized carbons (Fsp3) is 0.250. The summed E-state index contributed by atoms with van der Waals surface area (Å²) < 4.78 is 5.95. The summed E-state index contributed by atoms with van der Waals surface area (Å²) in [5.74, 6) is 0.367. The van der Waals surface area contributed by atoms with Crippen LogP contribution in [0.3, 0.4) is 0 Å². The molecule has 0 aliphatic carbocycles. The fourth-order valence-electron chi connectivity index (χ4n) is 3.28. The Balaban J connectivity index is 2.30. The summed E-state index contributed by atoms with van der Waals surface area (Å²) in [5, 5.41) is 29.9. The van der Waals surface area contributed by atoms with E-state index in [1.807, 2.05) is 0 Å². The molecule has 0 aromatic heterocycles. The highest BCUT2D eigenvalue weighted by atomic mass is 35.5. The van der Waals surface area contributed by atoms with Crippen molar-refractivity contribution in [2.75, 3.05) is 4.90 Å². The maximum Gasteiger partial charge on any atom is 0.212 e. The van der Waals surface area contributed by atoms with Crippen molar-refractivity contribution < 1.29 is 9.84 Å². The largest absolute Gasteiger partial charge is 0.485 e. The van der Waals surface area contributed by atoms with Gasteiger partial charge in [-0.3, -0.25) is 0 Å². The highest BCUT2D eigenvalue weighted by Crippen LogP contribution is 2.45. The van der Waals surface area contributed by atoms with E-state index < -0.39 is 17.7 Å². The van der Waals surface area contributed by atoms with E-state index in [9.17, 15) is 10.4 Å². The number of halogens is 1. The molecule has 1 aliphatic heterocycles. The minimum atomic E-state index is -1.07. The van der Waals surface area contributed by atoms with Gasteiger partial charge >= 0.3 is 0 Å². The number of para-hydroxylation sites is 1. The predicted octanol–water partition coefficient (Wildman–Crippen LogP) is 3.09. The van der Waals surface area contributed by atoms with E-state index in [0.717, 1.165) is 0 Å². The van der Waals surface area contributed by atoms with Gasteiger partial charge in [0, 0.05) is 5.56 Å². The monoisotopic (exact) mass is 395 g/mol. The van der Waals surface area contributed by atoms with Gasteiger partial charge in [-0.05, 0) is 44.2 Å². The third kappa shape index (κ3) is 3.34. The molecule has 2 aromatic rings. The zero-order valence-corrected chi connectivity index (χ0v) is 16.1. The molecule has 8 heteroatoms. The lowest BCUT2D eigenvalue weighted by Gasteiger charge is -2.46. The van der Waals surface area contributed by atoms with E-state index in [0.29, 0.717) is 27.6 Å². The molecular weight excluding hydrogens is 378 g/mol. The van der Waals surface area contributed by atoms with Gasteiger partial charge in [0.25, 0.3) is 0 Å². The Labute approximate surface area is 167 Å². The van der Waals surface area contributed by atoms with Crippen LogP contribution in [0.1, 0.15) is 31.0 Å². The summed E-state index contributed by atoms with van der Waals surface area (Å²) in [4.78, 5) is 5.17. The molecule has 0 saturated carbocycles. The summed E-state index contributed by atoms with van der Waals surface area (Å²) in [6.07, 6.45) is 0.600. The Morgan fingerprint density at radius 1 is 1.29 bits per heavy atom. The maximum atomic E-state index is 11.2. The molecule has 1 aliphatic rings. The van der Waals surface area contributed by atoms with Crippen molar-refractivity contribution in [1.29, 1.82) is 10.5 Å².